The molecule has 6 rings (SSSR count). The quantitative estimate of drug-likeness (QED) is 0.347. The van der Waals surface area contributed by atoms with Gasteiger partial charge in [-0.25, -0.2) is 4.98 Å². The van der Waals surface area contributed by atoms with E-state index in [0.717, 1.165) is 48.6 Å². The van der Waals surface area contributed by atoms with Crippen LogP contribution in [0.2, 0.25) is 0 Å². The molecule has 3 aromatic heterocycles. The molecule has 36 heavy (non-hydrogen) atoms. The van der Waals surface area contributed by atoms with Gasteiger partial charge in [-0.15, -0.1) is 11.3 Å². The number of ketones is 1. The van der Waals surface area contributed by atoms with Gasteiger partial charge in [-0.1, -0.05) is 54.1 Å². The van der Waals surface area contributed by atoms with E-state index in [1.165, 1.54) is 0 Å². The number of Topliss-reactive ketones (excluding diaryl/α,β-unsaturated/α-hetero) is 1. The highest BCUT2D eigenvalue weighted by molar-refractivity contribution is 7.15. The maximum atomic E-state index is 13.9. The molecule has 1 aliphatic rings. The number of carbonyl (C=O) groups excluding carboxylic acids is 1. The maximum absolute atomic E-state index is 13.9. The molecule has 2 aromatic carbocycles. The number of pyridine rings is 1. The topological polar surface area (TPSA) is 80.9 Å². The number of rotatable bonds is 6. The third-order valence-electron chi connectivity index (χ3n) is 6.63. The lowest BCUT2D eigenvalue weighted by atomic mass is 9.88. The van der Waals surface area contributed by atoms with Gasteiger partial charge in [0.05, 0.1) is 17.2 Å². The second kappa shape index (κ2) is 9.26. The summed E-state index contributed by atoms with van der Waals surface area (Å²) in [6, 6.07) is 19.6. The Kier molecular flexibility index (Phi) is 5.79. The average Bonchev–Trinajstić information content (AvgIpc) is 3.55. The van der Waals surface area contributed by atoms with E-state index in [1.807, 2.05) is 78.6 Å². The van der Waals surface area contributed by atoms with Gasteiger partial charge in [0.1, 0.15) is 11.0 Å². The third kappa shape index (κ3) is 4.06. The number of fused-ring (bicyclic) bond motifs is 2. The highest BCUT2D eigenvalue weighted by Gasteiger charge is 2.34. The average molecular weight is 493 g/mol. The molecule has 0 radical (unpaired) electrons. The number of hydrogen-bond acceptors (Lipinski definition) is 6. The van der Waals surface area contributed by atoms with Crippen LogP contribution in [0.5, 0.6) is 0 Å². The van der Waals surface area contributed by atoms with Gasteiger partial charge in [0.2, 0.25) is 0 Å². The van der Waals surface area contributed by atoms with Gasteiger partial charge in [-0.2, -0.15) is 5.10 Å². The second-order valence-corrected chi connectivity index (χ2v) is 10.2. The van der Waals surface area contributed by atoms with Crippen molar-refractivity contribution in [1.82, 2.24) is 19.7 Å². The Morgan fingerprint density at radius 2 is 1.94 bits per heavy atom. The molecular formula is C29H24N4O2S. The molecule has 5 aromatic rings. The lowest BCUT2D eigenvalue weighted by Gasteiger charge is -2.28. The van der Waals surface area contributed by atoms with Crippen LogP contribution in [-0.2, 0) is 24.2 Å². The van der Waals surface area contributed by atoms with E-state index in [4.69, 9.17) is 0 Å². The SMILES string of the molecule is CC1=C(C(=O)Cc2ccc3cnccc3c2)C(c2cnc(-c3ccccc3)s2)n2nc(CO)cc2C1. The summed E-state index contributed by atoms with van der Waals surface area (Å²) in [6.07, 6.45) is 6.38. The lowest BCUT2D eigenvalue weighted by Crippen LogP contribution is -2.27. The minimum absolute atomic E-state index is 0.0762. The van der Waals surface area contributed by atoms with Crippen LogP contribution >= 0.6 is 11.3 Å². The van der Waals surface area contributed by atoms with Crippen molar-refractivity contribution < 1.29 is 9.90 Å². The predicted octanol–water partition coefficient (Wildman–Crippen LogP) is 5.32. The van der Waals surface area contributed by atoms with Gasteiger partial charge >= 0.3 is 0 Å². The Balaban J connectivity index is 1.40. The van der Waals surface area contributed by atoms with E-state index in [2.05, 4.69) is 21.1 Å². The number of aromatic nitrogens is 4. The number of aliphatic hydroxyl groups is 1. The van der Waals surface area contributed by atoms with Crippen molar-refractivity contribution in [1.29, 1.82) is 0 Å². The van der Waals surface area contributed by atoms with Gasteiger partial charge in [0, 0.05) is 53.6 Å². The third-order valence-corrected chi connectivity index (χ3v) is 7.73. The zero-order valence-electron chi connectivity index (χ0n) is 19.8. The first-order chi connectivity index (χ1) is 17.6. The highest BCUT2D eigenvalue weighted by Crippen LogP contribution is 2.40. The van der Waals surface area contributed by atoms with Crippen LogP contribution < -0.4 is 0 Å². The number of hydrogen-bond donors (Lipinski definition) is 1. The fourth-order valence-corrected chi connectivity index (χ4v) is 5.97. The van der Waals surface area contributed by atoms with Crippen LogP contribution in [0.4, 0.5) is 0 Å². The molecule has 1 atom stereocenters. The minimum Gasteiger partial charge on any atom is -0.390 e. The van der Waals surface area contributed by atoms with Crippen LogP contribution in [0.25, 0.3) is 21.3 Å². The first-order valence-corrected chi connectivity index (χ1v) is 12.7. The second-order valence-electron chi connectivity index (χ2n) is 9.09. The van der Waals surface area contributed by atoms with Crippen LogP contribution in [0.15, 0.2) is 90.4 Å². The molecule has 4 heterocycles. The van der Waals surface area contributed by atoms with Gasteiger partial charge < -0.3 is 5.11 Å². The number of carbonyl (C=O) groups is 1. The molecule has 0 saturated heterocycles. The number of nitrogens with zero attached hydrogens (tertiary/aromatic N) is 4. The molecule has 178 valence electrons. The molecular weight excluding hydrogens is 468 g/mol. The first kappa shape index (κ1) is 22.5. The smallest absolute Gasteiger partial charge is 0.165 e. The van der Waals surface area contributed by atoms with E-state index in [-0.39, 0.29) is 18.4 Å². The largest absolute Gasteiger partial charge is 0.390 e. The summed E-state index contributed by atoms with van der Waals surface area (Å²) in [4.78, 5) is 23.7. The molecule has 1 N–H and O–H groups in total. The summed E-state index contributed by atoms with van der Waals surface area (Å²) in [5.74, 6) is 0.0762. The molecule has 0 fully saturated rings. The molecule has 1 unspecified atom stereocenters. The number of thiazole rings is 1. The van der Waals surface area contributed by atoms with Crippen LogP contribution in [0.3, 0.4) is 0 Å². The summed E-state index contributed by atoms with van der Waals surface area (Å²) >= 11 is 1.58. The zero-order chi connectivity index (χ0) is 24.6. The van der Waals surface area contributed by atoms with Gasteiger partial charge in [-0.05, 0) is 30.0 Å². The molecule has 0 bridgehead atoms. The first-order valence-electron chi connectivity index (χ1n) is 11.9. The van der Waals surface area contributed by atoms with Crippen molar-refractivity contribution in [3.05, 3.63) is 112 Å². The predicted molar refractivity (Wildman–Crippen MR) is 141 cm³/mol. The van der Waals surface area contributed by atoms with E-state index in [9.17, 15) is 9.90 Å². The Hall–Kier alpha value is -3.94. The molecule has 6 nitrogen and oxygen atoms in total. The lowest BCUT2D eigenvalue weighted by molar-refractivity contribution is -0.115. The number of benzene rings is 2. The van der Waals surface area contributed by atoms with Gasteiger partial charge in [0.25, 0.3) is 0 Å². The van der Waals surface area contributed by atoms with Gasteiger partial charge in [0.15, 0.2) is 5.78 Å². The summed E-state index contributed by atoms with van der Waals surface area (Å²) in [5, 5.41) is 17.4. The monoisotopic (exact) mass is 492 g/mol. The Labute approximate surface area is 212 Å². The van der Waals surface area contributed by atoms with Crippen molar-refractivity contribution in [2.75, 3.05) is 0 Å². The minimum atomic E-state index is -0.374. The fourth-order valence-electron chi connectivity index (χ4n) is 4.95. The van der Waals surface area contributed by atoms with Crippen LogP contribution in [-0.4, -0.2) is 30.6 Å². The highest BCUT2D eigenvalue weighted by atomic mass is 32.1. The summed E-state index contributed by atoms with van der Waals surface area (Å²) < 4.78 is 1.90. The Morgan fingerprint density at radius 1 is 1.08 bits per heavy atom. The van der Waals surface area contributed by atoms with Crippen LogP contribution in [0, 0.1) is 0 Å². The van der Waals surface area contributed by atoms with Crippen molar-refractivity contribution in [3.63, 3.8) is 0 Å². The normalized spacial score (nSPS) is 15.3. The molecule has 0 spiro atoms. The van der Waals surface area contributed by atoms with E-state index in [1.54, 1.807) is 17.5 Å². The molecule has 0 amide bonds. The molecule has 7 heteroatoms. The standard InChI is InChI=1S/C29H24N4O2S/c1-18-11-24-14-23(17-34)32-33(24)28(26-16-31-29(36-26)20-5-3-2-4-6-20)27(18)25(35)13-19-7-8-22-15-30-10-9-21(22)12-19/h2-10,12,14-16,28,34H,11,13,17H2,1H3. The van der Waals surface area contributed by atoms with Crippen molar-refractivity contribution in [2.45, 2.75) is 32.4 Å². The van der Waals surface area contributed by atoms with Gasteiger partial charge in [-0.3, -0.25) is 14.5 Å². The zero-order valence-corrected chi connectivity index (χ0v) is 20.6. The molecule has 1 aliphatic heterocycles. The number of allylic oxidation sites excluding steroid dienone is 2. The maximum Gasteiger partial charge on any atom is 0.165 e. The summed E-state index contributed by atoms with van der Waals surface area (Å²) in [6.45, 7) is 1.89. The van der Waals surface area contributed by atoms with Crippen molar-refractivity contribution in [2.24, 2.45) is 0 Å². The Morgan fingerprint density at radius 3 is 2.78 bits per heavy atom. The summed E-state index contributed by atoms with van der Waals surface area (Å²) in [5.41, 5.74) is 5.39. The fraction of sp³-hybridized carbons (Fsp3) is 0.172. The number of aliphatic hydroxyl groups excluding tert-OH is 1. The van der Waals surface area contributed by atoms with Crippen molar-refractivity contribution >= 4 is 27.9 Å². The van der Waals surface area contributed by atoms with Crippen LogP contribution in [0.1, 0.15) is 34.8 Å². The van der Waals surface area contributed by atoms with E-state index < -0.39 is 0 Å². The molecule has 0 saturated carbocycles. The Bertz CT molecular complexity index is 1620. The summed E-state index contributed by atoms with van der Waals surface area (Å²) in [7, 11) is 0. The van der Waals surface area contributed by atoms with Crippen molar-refractivity contribution in [3.8, 4) is 10.6 Å². The van der Waals surface area contributed by atoms with E-state index >= 15 is 0 Å². The van der Waals surface area contributed by atoms with E-state index in [0.29, 0.717) is 18.5 Å². The molecule has 0 aliphatic carbocycles.